The highest BCUT2D eigenvalue weighted by molar-refractivity contribution is 6.29. The van der Waals surface area contributed by atoms with Crippen LogP contribution in [0.3, 0.4) is 0 Å². The average molecular weight is 617 g/mol. The third-order valence-corrected chi connectivity index (χ3v) is 10.4. The third kappa shape index (κ3) is 4.58. The number of likely N-dealkylation sites (N-methyl/N-ethyl adjacent to an activating group) is 4. The number of carbonyl (C=O) groups excluding carboxylic acids is 3. The average Bonchev–Trinajstić information content (AvgIpc) is 3.54. The van der Waals surface area contributed by atoms with Gasteiger partial charge in [0, 0.05) is 61.8 Å². The van der Waals surface area contributed by atoms with Crippen molar-refractivity contribution in [3.63, 3.8) is 0 Å². The van der Waals surface area contributed by atoms with Crippen molar-refractivity contribution in [2.75, 3.05) is 38.0 Å². The van der Waals surface area contributed by atoms with Gasteiger partial charge in [0.1, 0.15) is 5.57 Å². The molecule has 0 atom stereocenters. The van der Waals surface area contributed by atoms with Gasteiger partial charge in [-0.15, -0.1) is 0 Å². The molecule has 4 aliphatic rings. The zero-order valence-corrected chi connectivity index (χ0v) is 28.7. The molecular weight excluding hydrogens is 572 g/mol. The molecule has 6 rings (SSSR count). The van der Waals surface area contributed by atoms with Crippen LogP contribution in [0.1, 0.15) is 62.8 Å². The Morgan fingerprint density at radius 2 is 0.957 bits per heavy atom. The van der Waals surface area contributed by atoms with E-state index in [1.54, 1.807) is 0 Å². The molecule has 4 amide bonds. The van der Waals surface area contributed by atoms with Gasteiger partial charge in [-0.25, -0.2) is 4.79 Å². The molecule has 2 aromatic carbocycles. The lowest BCUT2D eigenvalue weighted by atomic mass is 9.83. The number of barbiturate groups is 1. The number of allylic oxidation sites excluding steroid dienone is 9. The van der Waals surface area contributed by atoms with Crippen LogP contribution in [0.4, 0.5) is 16.2 Å². The van der Waals surface area contributed by atoms with E-state index in [9.17, 15) is 14.4 Å². The Morgan fingerprint density at radius 3 is 1.35 bits per heavy atom. The minimum Gasteiger partial charge on any atom is -0.347 e. The van der Waals surface area contributed by atoms with Crippen molar-refractivity contribution in [2.45, 2.75) is 65.2 Å². The quantitative estimate of drug-likeness (QED) is 0.263. The number of urea groups is 1. The van der Waals surface area contributed by atoms with Crippen LogP contribution in [-0.2, 0) is 20.4 Å². The fraction of sp³-hybridized carbons (Fsp3) is 0.359. The molecule has 238 valence electrons. The van der Waals surface area contributed by atoms with E-state index >= 15 is 0 Å². The van der Waals surface area contributed by atoms with Crippen LogP contribution < -0.4 is 9.80 Å². The number of nitrogens with zero attached hydrogens (tertiary/aromatic N) is 4. The van der Waals surface area contributed by atoms with Crippen molar-refractivity contribution in [1.82, 2.24) is 9.80 Å². The maximum Gasteiger partial charge on any atom is 0.333 e. The molecule has 3 heterocycles. The summed E-state index contributed by atoms with van der Waals surface area (Å²) >= 11 is 0. The summed E-state index contributed by atoms with van der Waals surface area (Å²) in [7, 11) is 7.04. The zero-order valence-electron chi connectivity index (χ0n) is 28.7. The summed E-state index contributed by atoms with van der Waals surface area (Å²) < 4.78 is 0. The highest BCUT2D eigenvalue weighted by Crippen LogP contribution is 2.49. The SMILES string of the molecule is Cc1ccc2c(c1)C(C)(C)/C(=C\C=C1/CC/C(=C\C=C3\N(C)c4ccc(C)cc4C3(C)C)C1=C1C(=O)N(C)C(=O)N(C)C1=O)N2C. The normalized spacial score (nSPS) is 24.1. The molecule has 2 fully saturated rings. The number of fused-ring (bicyclic) bond motifs is 2. The molecular formula is C39H44N4O3. The van der Waals surface area contributed by atoms with E-state index < -0.39 is 17.8 Å². The second-order valence-corrected chi connectivity index (χ2v) is 14.2. The topological polar surface area (TPSA) is 64.2 Å². The summed E-state index contributed by atoms with van der Waals surface area (Å²) in [6.07, 6.45) is 9.77. The first-order chi connectivity index (χ1) is 21.6. The van der Waals surface area contributed by atoms with E-state index in [-0.39, 0.29) is 16.4 Å². The van der Waals surface area contributed by atoms with Crippen molar-refractivity contribution in [1.29, 1.82) is 0 Å². The van der Waals surface area contributed by atoms with Crippen LogP contribution in [0.15, 0.2) is 94.4 Å². The first-order valence-corrected chi connectivity index (χ1v) is 15.9. The Balaban J connectivity index is 1.49. The predicted molar refractivity (Wildman–Crippen MR) is 185 cm³/mol. The number of anilines is 2. The lowest BCUT2D eigenvalue weighted by Crippen LogP contribution is -2.53. The largest absolute Gasteiger partial charge is 0.347 e. The van der Waals surface area contributed by atoms with Gasteiger partial charge >= 0.3 is 6.03 Å². The summed E-state index contributed by atoms with van der Waals surface area (Å²) in [6.45, 7) is 13.1. The van der Waals surface area contributed by atoms with Gasteiger partial charge in [0.15, 0.2) is 0 Å². The van der Waals surface area contributed by atoms with Gasteiger partial charge in [-0.2, -0.15) is 0 Å². The maximum atomic E-state index is 13.7. The molecule has 7 nitrogen and oxygen atoms in total. The van der Waals surface area contributed by atoms with Gasteiger partial charge in [-0.1, -0.05) is 75.2 Å². The first-order valence-electron chi connectivity index (χ1n) is 15.9. The number of aryl methyl sites for hydroxylation is 2. The number of hydrogen-bond acceptors (Lipinski definition) is 5. The van der Waals surface area contributed by atoms with Crippen LogP contribution in [0, 0.1) is 13.8 Å². The Kier molecular flexibility index (Phi) is 7.30. The van der Waals surface area contributed by atoms with Gasteiger partial charge in [-0.05, 0) is 78.8 Å². The van der Waals surface area contributed by atoms with E-state index in [1.807, 2.05) is 0 Å². The van der Waals surface area contributed by atoms with E-state index in [0.717, 1.165) is 32.3 Å². The molecule has 0 spiro atoms. The lowest BCUT2D eigenvalue weighted by molar-refractivity contribution is -0.134. The summed E-state index contributed by atoms with van der Waals surface area (Å²) in [6, 6.07) is 12.5. The molecule has 1 saturated heterocycles. The Hall–Kier alpha value is -4.65. The molecule has 0 unspecified atom stereocenters. The van der Waals surface area contributed by atoms with E-state index in [0.29, 0.717) is 18.4 Å². The number of rotatable bonds is 2. The summed E-state index contributed by atoms with van der Waals surface area (Å²) in [5.41, 5.74) is 11.7. The van der Waals surface area contributed by atoms with Crippen LogP contribution in [0.5, 0.6) is 0 Å². The minimum absolute atomic E-state index is 0.0484. The molecule has 2 aromatic rings. The molecule has 7 heteroatoms. The monoisotopic (exact) mass is 616 g/mol. The van der Waals surface area contributed by atoms with Crippen molar-refractivity contribution in [2.24, 2.45) is 0 Å². The molecule has 0 N–H and O–H groups in total. The highest BCUT2D eigenvalue weighted by atomic mass is 16.2. The highest BCUT2D eigenvalue weighted by Gasteiger charge is 2.43. The number of amides is 4. The lowest BCUT2D eigenvalue weighted by Gasteiger charge is -2.30. The maximum absolute atomic E-state index is 13.7. The predicted octanol–water partition coefficient (Wildman–Crippen LogP) is 7.22. The Bertz CT molecular complexity index is 1750. The smallest absolute Gasteiger partial charge is 0.333 e. The molecule has 3 aliphatic heterocycles. The third-order valence-electron chi connectivity index (χ3n) is 10.4. The van der Waals surface area contributed by atoms with Crippen molar-refractivity contribution < 1.29 is 14.4 Å². The van der Waals surface area contributed by atoms with E-state index in [4.69, 9.17) is 0 Å². The van der Waals surface area contributed by atoms with Gasteiger partial charge in [0.2, 0.25) is 0 Å². The molecule has 46 heavy (non-hydrogen) atoms. The summed E-state index contributed by atoms with van der Waals surface area (Å²) in [4.78, 5) is 46.5. The summed E-state index contributed by atoms with van der Waals surface area (Å²) in [5.74, 6) is -1.13. The number of hydrogen-bond donors (Lipinski definition) is 0. The molecule has 0 radical (unpaired) electrons. The van der Waals surface area contributed by atoms with Gasteiger partial charge in [-0.3, -0.25) is 19.4 Å². The number of benzene rings is 2. The number of carbonyl (C=O) groups is 3. The molecule has 1 saturated carbocycles. The molecule has 0 bridgehead atoms. The second-order valence-electron chi connectivity index (χ2n) is 14.2. The summed E-state index contributed by atoms with van der Waals surface area (Å²) in [5, 5.41) is 0. The fourth-order valence-electron chi connectivity index (χ4n) is 7.68. The van der Waals surface area contributed by atoms with Crippen LogP contribution >= 0.6 is 0 Å². The standard InChI is InChI=1S/C39H44N4O3/c1-23-11-17-29-27(21-23)38(3,4)31(40(29)7)19-15-25-13-14-26(33(25)34-35(44)42(9)37(46)43(10)36(34)45)16-20-32-39(5,6)28-22-24(2)12-18-30(28)41(32)8/h11-12,15-22H,13-14H2,1-10H3/b25-15+,26-16+,31-19+,32-20+. The van der Waals surface area contributed by atoms with Crippen molar-refractivity contribution in [3.05, 3.63) is 117 Å². The molecule has 0 aromatic heterocycles. The van der Waals surface area contributed by atoms with Crippen LogP contribution in [-0.4, -0.2) is 55.8 Å². The van der Waals surface area contributed by atoms with E-state index in [2.05, 4.69) is 126 Å². The number of imide groups is 2. The van der Waals surface area contributed by atoms with Gasteiger partial charge < -0.3 is 9.80 Å². The van der Waals surface area contributed by atoms with Crippen molar-refractivity contribution in [3.8, 4) is 0 Å². The van der Waals surface area contributed by atoms with Gasteiger partial charge in [0.05, 0.1) is 0 Å². The first kappa shape index (κ1) is 31.3. The minimum atomic E-state index is -0.623. The van der Waals surface area contributed by atoms with Crippen molar-refractivity contribution >= 4 is 29.2 Å². The molecule has 1 aliphatic carbocycles. The zero-order chi connectivity index (χ0) is 33.5. The van der Waals surface area contributed by atoms with Gasteiger partial charge in [0.25, 0.3) is 11.8 Å². The van der Waals surface area contributed by atoms with Crippen LogP contribution in [0.25, 0.3) is 0 Å². The fourth-order valence-corrected chi connectivity index (χ4v) is 7.68. The van der Waals surface area contributed by atoms with Crippen LogP contribution in [0.2, 0.25) is 0 Å². The second kappa shape index (κ2) is 10.7. The Labute approximate surface area is 272 Å². The Morgan fingerprint density at radius 1 is 0.565 bits per heavy atom. The van der Waals surface area contributed by atoms with E-state index in [1.165, 1.54) is 47.7 Å².